The van der Waals surface area contributed by atoms with Crippen LogP contribution in [0, 0.1) is 6.57 Å². The predicted octanol–water partition coefficient (Wildman–Crippen LogP) is 3.14. The summed E-state index contributed by atoms with van der Waals surface area (Å²) in [6, 6.07) is 1.85. The van der Waals surface area contributed by atoms with Gasteiger partial charge in [-0.3, -0.25) is 0 Å². The highest BCUT2D eigenvalue weighted by Gasteiger charge is 2.08. The van der Waals surface area contributed by atoms with Gasteiger partial charge >= 0.3 is 5.82 Å². The van der Waals surface area contributed by atoms with Gasteiger partial charge in [-0.05, 0) is 6.07 Å². The molecule has 0 atom stereocenters. The maximum Gasteiger partial charge on any atom is 0.311 e. The van der Waals surface area contributed by atoms with Gasteiger partial charge in [-0.25, -0.2) is 0 Å². The minimum atomic E-state index is 0.320. The number of pyridine rings is 1. The second kappa shape index (κ2) is 4.87. The van der Waals surface area contributed by atoms with Crippen LogP contribution in [-0.4, -0.2) is 17.3 Å². The minimum absolute atomic E-state index is 0.320. The molecule has 0 aliphatic heterocycles. The average molecular weight is 208 g/mol. The quantitative estimate of drug-likeness (QED) is 0.564. The van der Waals surface area contributed by atoms with Crippen molar-refractivity contribution in [1.29, 1.82) is 0 Å². The Balaban J connectivity index is 2.97. The molecule has 3 nitrogen and oxygen atoms in total. The van der Waals surface area contributed by atoms with Crippen molar-refractivity contribution in [3.63, 3.8) is 0 Å². The fraction of sp³-hybridized carbons (Fsp3) is 0.400. The molecule has 1 heterocycles. The monoisotopic (exact) mass is 208 g/mol. The number of hydrogen-bond acceptors (Lipinski definition) is 3. The number of hydrogen-bond donors (Lipinski definition) is 0. The van der Waals surface area contributed by atoms with Gasteiger partial charge in [0.25, 0.3) is 0 Å². The smallest absolute Gasteiger partial charge is 0.311 e. The van der Waals surface area contributed by atoms with E-state index in [2.05, 4.69) is 23.7 Å². The van der Waals surface area contributed by atoms with Crippen molar-refractivity contribution in [3.05, 3.63) is 23.7 Å². The molecule has 0 radical (unpaired) electrons. The third-order valence-electron chi connectivity index (χ3n) is 1.51. The topological polar surface area (TPSA) is 26.5 Å². The van der Waals surface area contributed by atoms with Gasteiger partial charge in [-0.2, -0.15) is 0 Å². The first-order chi connectivity index (χ1) is 6.67. The Morgan fingerprint density at radius 3 is 2.79 bits per heavy atom. The third kappa shape index (κ3) is 2.64. The van der Waals surface area contributed by atoms with Crippen LogP contribution in [0.4, 0.5) is 5.82 Å². The van der Waals surface area contributed by atoms with Gasteiger partial charge in [0.05, 0.1) is 12.0 Å². The summed E-state index contributed by atoms with van der Waals surface area (Å²) in [6.07, 6.45) is 1.71. The van der Waals surface area contributed by atoms with E-state index in [4.69, 9.17) is 11.3 Å². The molecule has 0 aliphatic rings. The molecule has 0 saturated heterocycles. The summed E-state index contributed by atoms with van der Waals surface area (Å²) in [6.45, 7) is 11.1. The summed E-state index contributed by atoms with van der Waals surface area (Å²) in [5, 5.41) is 0.500. The summed E-state index contributed by atoms with van der Waals surface area (Å²) >= 11 is 1.70. The molecule has 1 rings (SSSR count). The highest BCUT2D eigenvalue weighted by atomic mass is 32.2. The van der Waals surface area contributed by atoms with Crippen molar-refractivity contribution in [1.82, 2.24) is 4.98 Å². The molecule has 0 saturated carbocycles. The molecular weight excluding hydrogens is 196 g/mol. The van der Waals surface area contributed by atoms with Gasteiger partial charge in [-0.15, -0.1) is 16.7 Å². The molecule has 14 heavy (non-hydrogen) atoms. The van der Waals surface area contributed by atoms with E-state index in [1.54, 1.807) is 25.1 Å². The van der Waals surface area contributed by atoms with E-state index in [0.29, 0.717) is 16.8 Å². The normalized spacial score (nSPS) is 9.93. The Hall–Kier alpha value is -1.21. The molecule has 1 aromatic heterocycles. The first-order valence-corrected chi connectivity index (χ1v) is 5.13. The van der Waals surface area contributed by atoms with E-state index in [0.717, 1.165) is 4.90 Å². The van der Waals surface area contributed by atoms with Gasteiger partial charge in [-0.1, -0.05) is 20.4 Å². The van der Waals surface area contributed by atoms with E-state index in [1.165, 1.54) is 0 Å². The number of ether oxygens (including phenoxy) is 1. The molecule has 0 unspecified atom stereocenters. The molecule has 0 fully saturated rings. The third-order valence-corrected chi connectivity index (χ3v) is 2.47. The van der Waals surface area contributed by atoms with Crippen LogP contribution in [0.15, 0.2) is 17.2 Å². The van der Waals surface area contributed by atoms with Crippen LogP contribution in [0.1, 0.15) is 13.8 Å². The fourth-order valence-corrected chi connectivity index (χ4v) is 1.82. The first kappa shape index (κ1) is 10.9. The van der Waals surface area contributed by atoms with E-state index in [-0.39, 0.29) is 0 Å². The lowest BCUT2D eigenvalue weighted by molar-refractivity contribution is 0.414. The van der Waals surface area contributed by atoms with Crippen LogP contribution in [0.5, 0.6) is 5.75 Å². The lowest BCUT2D eigenvalue weighted by Gasteiger charge is -2.06. The number of nitrogens with zero attached hydrogens (tertiary/aromatic N) is 2. The average Bonchev–Trinajstić information content (AvgIpc) is 2.16. The SMILES string of the molecule is [C-]#[N+]c1ncc(SC(C)C)cc1OC. The maximum atomic E-state index is 6.88. The number of aromatic nitrogens is 1. The summed E-state index contributed by atoms with van der Waals surface area (Å²) in [7, 11) is 1.55. The Morgan fingerprint density at radius 2 is 2.29 bits per heavy atom. The Labute approximate surface area is 88.3 Å². The molecule has 1 aromatic rings. The zero-order valence-electron chi connectivity index (χ0n) is 8.44. The van der Waals surface area contributed by atoms with Crippen LogP contribution >= 0.6 is 11.8 Å². The molecule has 0 amide bonds. The lowest BCUT2D eigenvalue weighted by atomic mass is 10.4. The van der Waals surface area contributed by atoms with Gasteiger partial charge in [0.1, 0.15) is 11.9 Å². The predicted molar refractivity (Wildman–Crippen MR) is 58.0 cm³/mol. The molecule has 0 N–H and O–H groups in total. The van der Waals surface area contributed by atoms with Crippen LogP contribution in [0.3, 0.4) is 0 Å². The number of methoxy groups -OCH3 is 1. The number of thioether (sulfide) groups is 1. The summed E-state index contributed by atoms with van der Waals surface area (Å²) < 4.78 is 5.07. The summed E-state index contributed by atoms with van der Waals surface area (Å²) in [5.41, 5.74) is 0. The number of rotatable bonds is 3. The molecular formula is C10H12N2OS. The van der Waals surface area contributed by atoms with Crippen molar-refractivity contribution >= 4 is 17.6 Å². The van der Waals surface area contributed by atoms with Crippen LogP contribution in [-0.2, 0) is 0 Å². The second-order valence-corrected chi connectivity index (χ2v) is 4.63. The van der Waals surface area contributed by atoms with Crippen LogP contribution < -0.4 is 4.74 Å². The van der Waals surface area contributed by atoms with Gasteiger partial charge in [0.2, 0.25) is 0 Å². The Bertz CT molecular complexity index is 358. The zero-order valence-corrected chi connectivity index (χ0v) is 9.26. The van der Waals surface area contributed by atoms with Crippen molar-refractivity contribution in [3.8, 4) is 5.75 Å². The molecule has 74 valence electrons. The van der Waals surface area contributed by atoms with Crippen LogP contribution in [0.2, 0.25) is 0 Å². The Morgan fingerprint density at radius 1 is 1.57 bits per heavy atom. The molecule has 0 spiro atoms. The van der Waals surface area contributed by atoms with E-state index >= 15 is 0 Å². The first-order valence-electron chi connectivity index (χ1n) is 4.25. The molecule has 0 aromatic carbocycles. The second-order valence-electron chi connectivity index (χ2n) is 2.98. The zero-order chi connectivity index (χ0) is 10.6. The summed E-state index contributed by atoms with van der Waals surface area (Å²) in [5.74, 6) is 0.867. The lowest BCUT2D eigenvalue weighted by Crippen LogP contribution is -1.89. The minimum Gasteiger partial charge on any atom is -0.506 e. The van der Waals surface area contributed by atoms with E-state index in [9.17, 15) is 0 Å². The highest BCUT2D eigenvalue weighted by Crippen LogP contribution is 2.31. The van der Waals surface area contributed by atoms with Crippen molar-refractivity contribution < 1.29 is 4.74 Å². The summed E-state index contributed by atoms with van der Waals surface area (Å²) in [4.78, 5) is 8.32. The largest absolute Gasteiger partial charge is 0.506 e. The van der Waals surface area contributed by atoms with Crippen molar-refractivity contribution in [2.45, 2.75) is 24.0 Å². The maximum absolute atomic E-state index is 6.88. The standard InChI is InChI=1S/C10H12N2OS/c1-7(2)14-8-5-9(13-4)10(11-3)12-6-8/h5-7H,1-2,4H3. The highest BCUT2D eigenvalue weighted by molar-refractivity contribution is 7.99. The van der Waals surface area contributed by atoms with Crippen LogP contribution in [0.25, 0.3) is 4.85 Å². The fourth-order valence-electron chi connectivity index (χ4n) is 0.990. The van der Waals surface area contributed by atoms with E-state index < -0.39 is 0 Å². The van der Waals surface area contributed by atoms with Crippen molar-refractivity contribution in [2.24, 2.45) is 0 Å². The van der Waals surface area contributed by atoms with E-state index in [1.807, 2.05) is 6.07 Å². The van der Waals surface area contributed by atoms with Gasteiger partial charge in [0, 0.05) is 5.25 Å². The van der Waals surface area contributed by atoms with Gasteiger partial charge in [0.15, 0.2) is 0 Å². The van der Waals surface area contributed by atoms with Crippen molar-refractivity contribution in [2.75, 3.05) is 7.11 Å². The molecule has 0 bridgehead atoms. The Kier molecular flexibility index (Phi) is 3.78. The van der Waals surface area contributed by atoms with Gasteiger partial charge < -0.3 is 9.58 Å². The molecule has 4 heteroatoms. The molecule has 0 aliphatic carbocycles.